The summed E-state index contributed by atoms with van der Waals surface area (Å²) in [5, 5.41) is 0. The summed E-state index contributed by atoms with van der Waals surface area (Å²) < 4.78 is 36.4. The van der Waals surface area contributed by atoms with Crippen LogP contribution in [0.1, 0.15) is 88.9 Å². The maximum absolute atomic E-state index is 14.6. The summed E-state index contributed by atoms with van der Waals surface area (Å²) in [6.07, 6.45) is 9.64. The van der Waals surface area contributed by atoms with Crippen molar-refractivity contribution in [2.75, 3.05) is 13.2 Å². The van der Waals surface area contributed by atoms with Gasteiger partial charge in [0.2, 0.25) is 0 Å². The van der Waals surface area contributed by atoms with Crippen LogP contribution in [0.2, 0.25) is 0 Å². The molecular formula is C35H43FO6. The summed E-state index contributed by atoms with van der Waals surface area (Å²) >= 11 is 0. The monoisotopic (exact) mass is 578 g/mol. The van der Waals surface area contributed by atoms with Crippen LogP contribution in [0, 0.1) is 5.82 Å². The molecule has 1 atom stereocenters. The lowest BCUT2D eigenvalue weighted by atomic mass is 10.1. The lowest BCUT2D eigenvalue weighted by Crippen LogP contribution is -2.26. The summed E-state index contributed by atoms with van der Waals surface area (Å²) in [6, 6.07) is 18.2. The molecule has 3 aromatic carbocycles. The van der Waals surface area contributed by atoms with Gasteiger partial charge in [0.15, 0.2) is 17.7 Å². The van der Waals surface area contributed by atoms with E-state index in [9.17, 15) is 14.0 Å². The summed E-state index contributed by atoms with van der Waals surface area (Å²) in [5.74, 6) is -0.776. The summed E-state index contributed by atoms with van der Waals surface area (Å²) in [6.45, 7) is 6.80. The summed E-state index contributed by atoms with van der Waals surface area (Å²) in [4.78, 5) is 24.7. The lowest BCUT2D eigenvalue weighted by molar-refractivity contribution is -0.146. The molecule has 6 nitrogen and oxygen atoms in total. The standard InChI is InChI=1S/C35H43FO6/c1-4-6-7-8-9-10-11-12-24-40-33-22-17-29(25-32(33)36)35(38)42-31-20-15-28(16-21-31)27-13-18-30(19-14-27)41-34(37)26(3)39-23-5-2/h13-22,25-26H,4-12,23-24H2,1-3H3. The van der Waals surface area contributed by atoms with E-state index in [-0.39, 0.29) is 11.3 Å². The average Bonchev–Trinajstić information content (AvgIpc) is 3.00. The largest absolute Gasteiger partial charge is 0.491 e. The van der Waals surface area contributed by atoms with Gasteiger partial charge in [0.25, 0.3) is 0 Å². The number of ether oxygens (including phenoxy) is 4. The minimum Gasteiger partial charge on any atom is -0.491 e. The Labute approximate surface area is 249 Å². The van der Waals surface area contributed by atoms with Gasteiger partial charge in [-0.15, -0.1) is 0 Å². The summed E-state index contributed by atoms with van der Waals surface area (Å²) in [5.41, 5.74) is 1.89. The van der Waals surface area contributed by atoms with Gasteiger partial charge in [-0.2, -0.15) is 0 Å². The van der Waals surface area contributed by atoms with Crippen LogP contribution in [0.5, 0.6) is 17.2 Å². The van der Waals surface area contributed by atoms with E-state index in [0.29, 0.717) is 24.7 Å². The quantitative estimate of drug-likeness (QED) is 0.0852. The molecule has 1 unspecified atom stereocenters. The minimum atomic E-state index is -0.653. The van der Waals surface area contributed by atoms with Gasteiger partial charge in [-0.05, 0) is 73.4 Å². The molecule has 42 heavy (non-hydrogen) atoms. The highest BCUT2D eigenvalue weighted by Crippen LogP contribution is 2.26. The second-order valence-electron chi connectivity index (χ2n) is 10.3. The molecule has 3 rings (SSSR count). The van der Waals surface area contributed by atoms with Gasteiger partial charge in [0, 0.05) is 6.61 Å². The van der Waals surface area contributed by atoms with Crippen LogP contribution in [0.3, 0.4) is 0 Å². The third-order valence-corrected chi connectivity index (χ3v) is 6.80. The number of carbonyl (C=O) groups is 2. The Kier molecular flexibility index (Phi) is 14.0. The first-order chi connectivity index (χ1) is 20.4. The van der Waals surface area contributed by atoms with Gasteiger partial charge in [-0.3, -0.25) is 0 Å². The molecule has 0 bridgehead atoms. The van der Waals surface area contributed by atoms with Crippen LogP contribution in [-0.4, -0.2) is 31.3 Å². The van der Waals surface area contributed by atoms with Gasteiger partial charge in [-0.25, -0.2) is 14.0 Å². The molecule has 226 valence electrons. The average molecular weight is 579 g/mol. The number of carbonyl (C=O) groups excluding carboxylic acids is 2. The molecule has 3 aromatic rings. The zero-order valence-electron chi connectivity index (χ0n) is 25.0. The fourth-order valence-corrected chi connectivity index (χ4v) is 4.32. The molecule has 0 saturated carbocycles. The highest BCUT2D eigenvalue weighted by molar-refractivity contribution is 5.91. The summed E-state index contributed by atoms with van der Waals surface area (Å²) in [7, 11) is 0. The lowest BCUT2D eigenvalue weighted by Gasteiger charge is -2.12. The first-order valence-electron chi connectivity index (χ1n) is 15.1. The third kappa shape index (κ3) is 10.9. The first kappa shape index (κ1) is 32.8. The number of halogens is 1. The molecule has 0 radical (unpaired) electrons. The van der Waals surface area contributed by atoms with Crippen LogP contribution >= 0.6 is 0 Å². The molecule has 0 amide bonds. The van der Waals surface area contributed by atoms with Crippen molar-refractivity contribution >= 4 is 11.9 Å². The topological polar surface area (TPSA) is 71.1 Å². The molecule has 7 heteroatoms. The number of benzene rings is 3. The van der Waals surface area contributed by atoms with Gasteiger partial charge in [0.05, 0.1) is 12.2 Å². The Morgan fingerprint density at radius 2 is 1.26 bits per heavy atom. The molecule has 0 aromatic heterocycles. The molecule has 0 aliphatic carbocycles. The molecular weight excluding hydrogens is 535 g/mol. The third-order valence-electron chi connectivity index (χ3n) is 6.80. The van der Waals surface area contributed by atoms with Gasteiger partial charge in [-0.1, -0.05) is 83.1 Å². The predicted molar refractivity (Wildman–Crippen MR) is 163 cm³/mol. The number of esters is 2. The van der Waals surface area contributed by atoms with E-state index in [0.717, 1.165) is 36.5 Å². The maximum Gasteiger partial charge on any atom is 0.343 e. The van der Waals surface area contributed by atoms with Crippen LogP contribution < -0.4 is 14.2 Å². The highest BCUT2D eigenvalue weighted by Gasteiger charge is 2.16. The van der Waals surface area contributed by atoms with E-state index < -0.39 is 23.9 Å². The van der Waals surface area contributed by atoms with E-state index in [1.165, 1.54) is 50.7 Å². The van der Waals surface area contributed by atoms with E-state index in [1.54, 1.807) is 31.2 Å². The van der Waals surface area contributed by atoms with Crippen molar-refractivity contribution < 1.29 is 32.9 Å². The van der Waals surface area contributed by atoms with Crippen molar-refractivity contribution in [3.05, 3.63) is 78.1 Å². The fourth-order valence-electron chi connectivity index (χ4n) is 4.32. The Morgan fingerprint density at radius 3 is 1.83 bits per heavy atom. The van der Waals surface area contributed by atoms with Crippen LogP contribution in [0.25, 0.3) is 11.1 Å². The number of unbranched alkanes of at least 4 members (excludes halogenated alkanes) is 7. The normalized spacial score (nSPS) is 11.6. The van der Waals surface area contributed by atoms with Crippen LogP contribution in [-0.2, 0) is 9.53 Å². The van der Waals surface area contributed by atoms with Gasteiger partial charge in [0.1, 0.15) is 11.5 Å². The zero-order chi connectivity index (χ0) is 30.2. The fraction of sp³-hybridized carbons (Fsp3) is 0.429. The molecule has 0 saturated heterocycles. The van der Waals surface area contributed by atoms with Gasteiger partial charge < -0.3 is 18.9 Å². The van der Waals surface area contributed by atoms with Crippen molar-refractivity contribution in [2.24, 2.45) is 0 Å². The molecule has 0 aliphatic rings. The number of hydrogen-bond acceptors (Lipinski definition) is 6. The van der Waals surface area contributed by atoms with Gasteiger partial charge >= 0.3 is 11.9 Å². The SMILES string of the molecule is CCCCCCCCCCOc1ccc(C(=O)Oc2ccc(-c3ccc(OC(=O)C(C)OCCC)cc3)cc2)cc1F. The Balaban J connectivity index is 1.45. The molecule has 0 spiro atoms. The first-order valence-corrected chi connectivity index (χ1v) is 15.1. The van der Waals surface area contributed by atoms with Crippen molar-refractivity contribution in [1.82, 2.24) is 0 Å². The van der Waals surface area contributed by atoms with E-state index in [4.69, 9.17) is 18.9 Å². The second kappa shape index (κ2) is 18.0. The van der Waals surface area contributed by atoms with Crippen molar-refractivity contribution in [1.29, 1.82) is 0 Å². The predicted octanol–water partition coefficient (Wildman–Crippen LogP) is 8.95. The molecule has 0 N–H and O–H groups in total. The maximum atomic E-state index is 14.6. The Hall–Kier alpha value is -3.71. The Bertz CT molecular complexity index is 1240. The van der Waals surface area contributed by atoms with Crippen molar-refractivity contribution in [2.45, 2.75) is 84.7 Å². The van der Waals surface area contributed by atoms with E-state index >= 15 is 0 Å². The van der Waals surface area contributed by atoms with Crippen molar-refractivity contribution in [3.63, 3.8) is 0 Å². The minimum absolute atomic E-state index is 0.107. The highest BCUT2D eigenvalue weighted by atomic mass is 19.1. The zero-order valence-corrected chi connectivity index (χ0v) is 25.0. The van der Waals surface area contributed by atoms with Crippen LogP contribution in [0.4, 0.5) is 4.39 Å². The van der Waals surface area contributed by atoms with Crippen LogP contribution in [0.15, 0.2) is 66.7 Å². The Morgan fingerprint density at radius 1 is 0.690 bits per heavy atom. The smallest absolute Gasteiger partial charge is 0.343 e. The van der Waals surface area contributed by atoms with E-state index in [2.05, 4.69) is 6.92 Å². The molecule has 0 fully saturated rings. The number of rotatable bonds is 18. The molecule has 0 aliphatic heterocycles. The van der Waals surface area contributed by atoms with Crippen molar-refractivity contribution in [3.8, 4) is 28.4 Å². The second-order valence-corrected chi connectivity index (χ2v) is 10.3. The molecule has 0 heterocycles. The van der Waals surface area contributed by atoms with E-state index in [1.807, 2.05) is 31.2 Å². The number of hydrogen-bond donors (Lipinski definition) is 0.